The second-order valence-corrected chi connectivity index (χ2v) is 9.53. The van der Waals surface area contributed by atoms with Crippen LogP contribution in [0.25, 0.3) is 10.9 Å². The van der Waals surface area contributed by atoms with Gasteiger partial charge < -0.3 is 14.4 Å². The fraction of sp³-hybridized carbons (Fsp3) is 0.407. The Bertz CT molecular complexity index is 1110. The normalized spacial score (nSPS) is 21.0. The van der Waals surface area contributed by atoms with Gasteiger partial charge in [-0.3, -0.25) is 9.78 Å². The lowest BCUT2D eigenvalue weighted by molar-refractivity contribution is -0.141. The number of hydrogen-bond acceptors (Lipinski definition) is 4. The van der Waals surface area contributed by atoms with Gasteiger partial charge in [-0.15, -0.1) is 0 Å². The predicted molar refractivity (Wildman–Crippen MR) is 130 cm³/mol. The van der Waals surface area contributed by atoms with Gasteiger partial charge in [0.2, 0.25) is 5.91 Å². The number of halogens is 1. The molecule has 172 valence electrons. The second kappa shape index (κ2) is 9.80. The van der Waals surface area contributed by atoms with Crippen LogP contribution >= 0.6 is 11.6 Å². The number of para-hydroxylation sites is 1. The molecule has 2 aromatic carbocycles. The molecule has 6 heteroatoms. The number of carbonyl (C=O) groups is 1. The van der Waals surface area contributed by atoms with Gasteiger partial charge in [0.25, 0.3) is 0 Å². The van der Waals surface area contributed by atoms with E-state index in [1.807, 2.05) is 41.4 Å². The minimum absolute atomic E-state index is 0.180. The Labute approximate surface area is 199 Å². The first-order valence-electron chi connectivity index (χ1n) is 11.7. The van der Waals surface area contributed by atoms with Crippen molar-refractivity contribution in [1.29, 1.82) is 0 Å². The SMILES string of the molecule is O=C(N1CCOC[C@H](Cc2cccc3cccnc23)C1)C1(c2ccc(Cl)cc2)CCOCC1. The van der Waals surface area contributed by atoms with Crippen LogP contribution in [0.4, 0.5) is 0 Å². The van der Waals surface area contributed by atoms with E-state index in [0.717, 1.165) is 22.9 Å². The van der Waals surface area contributed by atoms with Gasteiger partial charge in [0.05, 0.1) is 24.1 Å². The third-order valence-corrected chi connectivity index (χ3v) is 7.25. The Morgan fingerprint density at radius 2 is 1.82 bits per heavy atom. The summed E-state index contributed by atoms with van der Waals surface area (Å²) in [6.07, 6.45) is 4.03. The monoisotopic (exact) mass is 464 g/mol. The average Bonchev–Trinajstić information content (AvgIpc) is 3.10. The van der Waals surface area contributed by atoms with Crippen molar-refractivity contribution in [1.82, 2.24) is 9.88 Å². The summed E-state index contributed by atoms with van der Waals surface area (Å²) in [5, 5.41) is 1.82. The number of nitrogens with zero attached hydrogens (tertiary/aromatic N) is 2. The van der Waals surface area contributed by atoms with Gasteiger partial charge in [-0.05, 0) is 48.6 Å². The molecule has 2 aliphatic heterocycles. The fourth-order valence-electron chi connectivity index (χ4n) is 5.25. The predicted octanol–water partition coefficient (Wildman–Crippen LogP) is 4.65. The number of aromatic nitrogens is 1. The molecule has 1 amide bonds. The van der Waals surface area contributed by atoms with Crippen LogP contribution in [-0.2, 0) is 26.1 Å². The smallest absolute Gasteiger partial charge is 0.233 e. The zero-order chi connectivity index (χ0) is 22.7. The molecule has 2 saturated heterocycles. The lowest BCUT2D eigenvalue weighted by atomic mass is 9.73. The number of benzene rings is 2. The van der Waals surface area contributed by atoms with E-state index in [1.165, 1.54) is 5.56 Å². The molecule has 3 aromatic rings. The highest BCUT2D eigenvalue weighted by atomic mass is 35.5. The van der Waals surface area contributed by atoms with Crippen molar-refractivity contribution in [2.24, 2.45) is 5.92 Å². The first-order valence-corrected chi connectivity index (χ1v) is 12.1. The molecule has 0 saturated carbocycles. The maximum Gasteiger partial charge on any atom is 0.233 e. The molecule has 2 fully saturated rings. The van der Waals surface area contributed by atoms with Crippen LogP contribution in [0.1, 0.15) is 24.0 Å². The molecule has 33 heavy (non-hydrogen) atoms. The van der Waals surface area contributed by atoms with E-state index in [9.17, 15) is 4.79 Å². The zero-order valence-electron chi connectivity index (χ0n) is 18.7. The van der Waals surface area contributed by atoms with Crippen LogP contribution < -0.4 is 0 Å². The Hall–Kier alpha value is -2.47. The van der Waals surface area contributed by atoms with Crippen molar-refractivity contribution in [3.8, 4) is 0 Å². The maximum atomic E-state index is 14.1. The molecule has 0 radical (unpaired) electrons. The fourth-order valence-corrected chi connectivity index (χ4v) is 5.37. The summed E-state index contributed by atoms with van der Waals surface area (Å²) >= 11 is 6.14. The van der Waals surface area contributed by atoms with Gasteiger partial charge in [0.1, 0.15) is 0 Å². The van der Waals surface area contributed by atoms with E-state index in [1.54, 1.807) is 0 Å². The van der Waals surface area contributed by atoms with Crippen LogP contribution in [0.3, 0.4) is 0 Å². The van der Waals surface area contributed by atoms with Gasteiger partial charge in [-0.2, -0.15) is 0 Å². The van der Waals surface area contributed by atoms with E-state index < -0.39 is 5.41 Å². The summed E-state index contributed by atoms with van der Waals surface area (Å²) in [7, 11) is 0. The highest BCUT2D eigenvalue weighted by Crippen LogP contribution is 2.38. The number of ether oxygens (including phenoxy) is 2. The summed E-state index contributed by atoms with van der Waals surface area (Å²) in [6.45, 7) is 3.67. The summed E-state index contributed by atoms with van der Waals surface area (Å²) in [4.78, 5) is 20.7. The van der Waals surface area contributed by atoms with Crippen LogP contribution in [0.5, 0.6) is 0 Å². The minimum Gasteiger partial charge on any atom is -0.381 e. The first kappa shape index (κ1) is 22.3. The average molecular weight is 465 g/mol. The molecule has 0 aliphatic carbocycles. The lowest BCUT2D eigenvalue weighted by Crippen LogP contribution is -2.51. The molecule has 5 rings (SSSR count). The Kier molecular flexibility index (Phi) is 6.63. The Balaban J connectivity index is 1.40. The molecule has 0 unspecified atom stereocenters. The van der Waals surface area contributed by atoms with Crippen molar-refractivity contribution in [3.63, 3.8) is 0 Å². The van der Waals surface area contributed by atoms with Crippen molar-refractivity contribution in [2.45, 2.75) is 24.7 Å². The standard InChI is InChI=1S/C27H29ClN2O3/c28-24-8-6-23(7-9-24)27(10-14-32-15-11-27)26(31)30-13-16-33-19-20(18-30)17-22-4-1-3-21-5-2-12-29-25(21)22/h1-9,12,20H,10-11,13-19H2/t20-/m1/s1. The van der Waals surface area contributed by atoms with Crippen LogP contribution in [0, 0.1) is 5.92 Å². The van der Waals surface area contributed by atoms with Crippen molar-refractivity contribution < 1.29 is 14.3 Å². The number of carbonyl (C=O) groups excluding carboxylic acids is 1. The Morgan fingerprint density at radius 1 is 1.03 bits per heavy atom. The van der Waals surface area contributed by atoms with Gasteiger partial charge in [0, 0.05) is 48.8 Å². The first-order chi connectivity index (χ1) is 16.2. The molecule has 0 spiro atoms. The van der Waals surface area contributed by atoms with Crippen molar-refractivity contribution >= 4 is 28.4 Å². The van der Waals surface area contributed by atoms with Gasteiger partial charge in [-0.25, -0.2) is 0 Å². The molecule has 3 heterocycles. The molecule has 0 bridgehead atoms. The summed E-state index contributed by atoms with van der Waals surface area (Å²) < 4.78 is 11.6. The largest absolute Gasteiger partial charge is 0.381 e. The number of rotatable bonds is 4. The number of pyridine rings is 1. The van der Waals surface area contributed by atoms with E-state index in [2.05, 4.69) is 29.2 Å². The van der Waals surface area contributed by atoms with E-state index >= 15 is 0 Å². The molecule has 5 nitrogen and oxygen atoms in total. The molecule has 2 aliphatic rings. The highest BCUT2D eigenvalue weighted by Gasteiger charge is 2.44. The van der Waals surface area contributed by atoms with Crippen molar-refractivity contribution in [2.75, 3.05) is 39.5 Å². The third-order valence-electron chi connectivity index (χ3n) is 7.00. The second-order valence-electron chi connectivity index (χ2n) is 9.09. The highest BCUT2D eigenvalue weighted by molar-refractivity contribution is 6.30. The third kappa shape index (κ3) is 4.63. The Morgan fingerprint density at radius 3 is 2.64 bits per heavy atom. The number of hydrogen-bond donors (Lipinski definition) is 0. The lowest BCUT2D eigenvalue weighted by Gasteiger charge is -2.40. The molecular formula is C27H29ClN2O3. The maximum absolute atomic E-state index is 14.1. The quantitative estimate of drug-likeness (QED) is 0.563. The molecular weight excluding hydrogens is 436 g/mol. The van der Waals surface area contributed by atoms with Crippen LogP contribution in [0.2, 0.25) is 5.02 Å². The number of amides is 1. The van der Waals surface area contributed by atoms with Gasteiger partial charge in [0.15, 0.2) is 0 Å². The van der Waals surface area contributed by atoms with Gasteiger partial charge in [-0.1, -0.05) is 48.0 Å². The van der Waals surface area contributed by atoms with E-state index in [4.69, 9.17) is 21.1 Å². The summed E-state index contributed by atoms with van der Waals surface area (Å²) in [6, 6.07) is 18.1. The zero-order valence-corrected chi connectivity index (χ0v) is 19.5. The number of fused-ring (bicyclic) bond motifs is 1. The molecule has 1 atom stereocenters. The van der Waals surface area contributed by atoms with Crippen molar-refractivity contribution in [3.05, 3.63) is 76.9 Å². The van der Waals surface area contributed by atoms with Crippen LogP contribution in [-0.4, -0.2) is 55.3 Å². The summed E-state index contributed by atoms with van der Waals surface area (Å²) in [5.41, 5.74) is 2.69. The molecule has 1 aromatic heterocycles. The van der Waals surface area contributed by atoms with E-state index in [-0.39, 0.29) is 11.8 Å². The summed E-state index contributed by atoms with van der Waals surface area (Å²) in [5.74, 6) is 0.394. The molecule has 0 N–H and O–H groups in total. The van der Waals surface area contributed by atoms with Crippen LogP contribution in [0.15, 0.2) is 60.8 Å². The minimum atomic E-state index is -0.571. The van der Waals surface area contributed by atoms with Gasteiger partial charge >= 0.3 is 0 Å². The topological polar surface area (TPSA) is 51.7 Å². The van der Waals surface area contributed by atoms with E-state index in [0.29, 0.717) is 57.4 Å².